The fourth-order valence-electron chi connectivity index (χ4n) is 8.09. The number of pyridine rings is 1. The van der Waals surface area contributed by atoms with E-state index in [0.717, 1.165) is 93.5 Å². The van der Waals surface area contributed by atoms with E-state index >= 15 is 0 Å². The Kier molecular flexibility index (Phi) is 11.5. The number of thiophene rings is 1. The van der Waals surface area contributed by atoms with Crippen LogP contribution in [0.25, 0.3) is 81.5 Å². The van der Waals surface area contributed by atoms with Crippen molar-refractivity contribution in [1.29, 1.82) is 0 Å². The molecule has 10 rings (SSSR count). The Morgan fingerprint density at radius 2 is 1.60 bits per heavy atom. The van der Waals surface area contributed by atoms with Gasteiger partial charge in [-0.2, -0.15) is 11.3 Å². The number of para-hydroxylation sites is 4. The van der Waals surface area contributed by atoms with Gasteiger partial charge in [0.1, 0.15) is 11.4 Å². The molecule has 6 aromatic carbocycles. The molecule has 10 aromatic rings. The van der Waals surface area contributed by atoms with E-state index in [-0.39, 0.29) is 25.9 Å². The zero-order valence-electron chi connectivity index (χ0n) is 34.9. The minimum Gasteiger partial charge on any atom is -0.454 e. The van der Waals surface area contributed by atoms with Crippen molar-refractivity contribution < 1.29 is 28.9 Å². The number of rotatable bonds is 7. The minimum atomic E-state index is -1.38. The van der Waals surface area contributed by atoms with Crippen molar-refractivity contribution >= 4 is 77.7 Å². The number of nitrogens with zero attached hydrogens (tertiary/aromatic N) is 3. The van der Waals surface area contributed by atoms with Gasteiger partial charge in [0.2, 0.25) is 0 Å². The molecule has 4 heterocycles. The monoisotopic (exact) mass is 1000 g/mol. The van der Waals surface area contributed by atoms with Crippen LogP contribution in [0.4, 0.5) is 4.39 Å². The summed E-state index contributed by atoms with van der Waals surface area (Å²) in [4.78, 5) is 9.84. The van der Waals surface area contributed by atoms with Gasteiger partial charge in [-0.1, -0.05) is 118 Å². The van der Waals surface area contributed by atoms with E-state index in [4.69, 9.17) is 14.4 Å². The van der Waals surface area contributed by atoms with E-state index in [9.17, 15) is 4.39 Å². The van der Waals surface area contributed by atoms with Crippen molar-refractivity contribution in [3.63, 3.8) is 0 Å². The van der Waals surface area contributed by atoms with E-state index in [1.165, 1.54) is 16.8 Å². The molecule has 0 aliphatic heterocycles. The molecule has 0 saturated heterocycles. The fraction of sp³-hybridized carbons (Fsp3) is 0.192. The van der Waals surface area contributed by atoms with Crippen LogP contribution in [0.3, 0.4) is 0 Å². The van der Waals surface area contributed by atoms with Crippen molar-refractivity contribution in [3.8, 4) is 28.3 Å². The standard InChI is InChI=1S/C32H18FN2OS.C20H28NSi.Ir/c1-18-13-15-23(31-29(18)22-16-14-19(33)17-28(22)37-31)32-34-24-9-3-4-10-25(24)35(32)26-11-6-8-21-20-7-2-5-12-27(20)36-30(21)26;1-15(2)16(3)12-18-13-19(17-10-8-7-9-11-17)21-14-20(18)22(4,5)6;/h2-14,16-17H,1H3;7-10,13-16H,12H2,1-6H3;/q2*-1;. The molecule has 1 unspecified atom stereocenters. The summed E-state index contributed by atoms with van der Waals surface area (Å²) in [7, 11) is -1.38. The summed E-state index contributed by atoms with van der Waals surface area (Å²) in [5.74, 6) is 1.94. The van der Waals surface area contributed by atoms with Gasteiger partial charge in [-0.05, 0) is 75.6 Å². The van der Waals surface area contributed by atoms with Crippen LogP contribution in [0.15, 0.2) is 132 Å². The Morgan fingerprint density at radius 1 is 0.833 bits per heavy atom. The fourth-order valence-corrected chi connectivity index (χ4v) is 11.0. The van der Waals surface area contributed by atoms with Crippen LogP contribution in [0.2, 0.25) is 19.6 Å². The zero-order chi connectivity index (χ0) is 41.0. The van der Waals surface area contributed by atoms with Gasteiger partial charge in [0.15, 0.2) is 5.58 Å². The number of aromatic nitrogens is 3. The molecule has 1 atom stereocenters. The quantitative estimate of drug-likeness (QED) is 0.118. The molecule has 0 spiro atoms. The summed E-state index contributed by atoms with van der Waals surface area (Å²) in [6, 6.07) is 46.7. The molecular weight excluding hydrogens is 954 g/mol. The molecule has 0 amide bonds. The number of hydrogen-bond acceptors (Lipinski definition) is 4. The number of fused-ring (bicyclic) bond motifs is 7. The van der Waals surface area contributed by atoms with Gasteiger partial charge < -0.3 is 14.0 Å². The first kappa shape index (κ1) is 41.5. The van der Waals surface area contributed by atoms with Gasteiger partial charge >= 0.3 is 0 Å². The summed E-state index contributed by atoms with van der Waals surface area (Å²) in [6.45, 7) is 16.3. The molecule has 60 heavy (non-hydrogen) atoms. The number of hydrogen-bond donors (Lipinski definition) is 0. The maximum atomic E-state index is 14.1. The smallest absolute Gasteiger partial charge is 0.158 e. The van der Waals surface area contributed by atoms with Crippen LogP contribution in [-0.2, 0) is 26.5 Å². The predicted octanol–water partition coefficient (Wildman–Crippen LogP) is 14.1. The van der Waals surface area contributed by atoms with E-state index in [1.54, 1.807) is 17.4 Å². The second-order valence-electron chi connectivity index (χ2n) is 17.0. The van der Waals surface area contributed by atoms with Gasteiger partial charge in [0, 0.05) is 41.8 Å². The van der Waals surface area contributed by atoms with Crippen LogP contribution in [0, 0.1) is 36.7 Å². The van der Waals surface area contributed by atoms with Gasteiger partial charge in [-0.3, -0.25) is 4.98 Å². The van der Waals surface area contributed by atoms with Gasteiger partial charge in [0.05, 0.1) is 30.6 Å². The minimum absolute atomic E-state index is 0. The van der Waals surface area contributed by atoms with Crippen molar-refractivity contribution in [2.75, 3.05) is 0 Å². The number of halogens is 1. The molecule has 303 valence electrons. The molecule has 1 radical (unpaired) electrons. The van der Waals surface area contributed by atoms with E-state index in [1.807, 2.05) is 60.7 Å². The van der Waals surface area contributed by atoms with Crippen LogP contribution < -0.4 is 5.19 Å². The van der Waals surface area contributed by atoms with Crippen LogP contribution in [0.5, 0.6) is 0 Å². The van der Waals surface area contributed by atoms with Crippen molar-refractivity contribution in [3.05, 3.63) is 157 Å². The topological polar surface area (TPSA) is 43.9 Å². The number of benzene rings is 6. The average molecular weight is 1000 g/mol. The van der Waals surface area contributed by atoms with E-state index < -0.39 is 8.07 Å². The van der Waals surface area contributed by atoms with Crippen LogP contribution in [-0.4, -0.2) is 22.6 Å². The summed E-state index contributed by atoms with van der Waals surface area (Å²) < 4.78 is 24.7. The van der Waals surface area contributed by atoms with E-state index in [0.29, 0.717) is 11.8 Å². The summed E-state index contributed by atoms with van der Waals surface area (Å²) in [5.41, 5.74) is 10.1. The van der Waals surface area contributed by atoms with Crippen molar-refractivity contribution in [2.45, 2.75) is 53.8 Å². The van der Waals surface area contributed by atoms with Gasteiger partial charge in [-0.25, -0.2) is 4.39 Å². The number of aryl methyl sites for hydroxylation is 1. The Bertz CT molecular complexity index is 3160. The third kappa shape index (κ3) is 7.67. The molecule has 8 heteroatoms. The summed E-state index contributed by atoms with van der Waals surface area (Å²) in [5, 5.41) is 5.82. The average Bonchev–Trinajstić information content (AvgIpc) is 3.93. The Hall–Kier alpha value is -5.24. The largest absolute Gasteiger partial charge is 0.454 e. The molecule has 0 saturated carbocycles. The molecule has 4 nitrogen and oxygen atoms in total. The molecule has 0 aliphatic rings. The summed E-state index contributed by atoms with van der Waals surface area (Å²) >= 11 is 1.58. The van der Waals surface area contributed by atoms with Crippen molar-refractivity contribution in [2.24, 2.45) is 11.8 Å². The molecule has 0 N–H and O–H groups in total. The normalized spacial score (nSPS) is 12.3. The number of imidazole rings is 1. The number of furan rings is 1. The second kappa shape index (κ2) is 16.7. The first-order chi connectivity index (χ1) is 28.5. The third-order valence-corrected chi connectivity index (χ3v) is 14.8. The maximum Gasteiger partial charge on any atom is 0.158 e. The first-order valence-electron chi connectivity index (χ1n) is 20.3. The molecule has 0 bridgehead atoms. The summed E-state index contributed by atoms with van der Waals surface area (Å²) in [6.07, 6.45) is 3.27. The predicted molar refractivity (Wildman–Crippen MR) is 249 cm³/mol. The Balaban J connectivity index is 0.000000187. The Morgan fingerprint density at radius 3 is 2.38 bits per heavy atom. The van der Waals surface area contributed by atoms with Gasteiger partial charge in [0.25, 0.3) is 0 Å². The first-order valence-corrected chi connectivity index (χ1v) is 24.7. The van der Waals surface area contributed by atoms with Crippen molar-refractivity contribution in [1.82, 2.24) is 14.5 Å². The van der Waals surface area contributed by atoms with E-state index in [2.05, 4.69) is 119 Å². The molecule has 4 aromatic heterocycles. The zero-order valence-corrected chi connectivity index (χ0v) is 39.1. The molecule has 0 aliphatic carbocycles. The van der Waals surface area contributed by atoms with Crippen LogP contribution in [0.1, 0.15) is 31.9 Å². The SMILES string of the molecule is CC(C)C(C)Cc1cc(-c2[c-]cccc2)ncc1[Si](C)(C)C.Cc1c[c-]c(-c2nc3ccccc3n2-c2cccc3c2oc2ccccc23)c2sc3cc(F)ccc3c12.[Ir]. The third-order valence-electron chi connectivity index (χ3n) is 11.6. The second-order valence-corrected chi connectivity index (χ2v) is 23.1. The van der Waals surface area contributed by atoms with Crippen LogP contribution >= 0.6 is 11.3 Å². The molecular formula is C52H46FIrN3OSSi-2. The Labute approximate surface area is 369 Å². The molecule has 0 fully saturated rings. The van der Waals surface area contributed by atoms with Gasteiger partial charge in [-0.15, -0.1) is 53.6 Å². The maximum absolute atomic E-state index is 14.1.